The molecule has 0 aromatic heterocycles. The minimum absolute atomic E-state index is 0.0949. The van der Waals surface area contributed by atoms with Crippen molar-refractivity contribution < 1.29 is 9.53 Å². The van der Waals surface area contributed by atoms with E-state index in [0.717, 1.165) is 44.6 Å². The molecule has 21 heavy (non-hydrogen) atoms. The maximum Gasteiger partial charge on any atom is 0.260 e. The average molecular weight is 290 g/mol. The molecule has 1 amide bonds. The second-order valence-electron chi connectivity index (χ2n) is 5.67. The van der Waals surface area contributed by atoms with Gasteiger partial charge in [0.05, 0.1) is 0 Å². The highest BCUT2D eigenvalue weighted by atomic mass is 16.5. The lowest BCUT2D eigenvalue weighted by Crippen LogP contribution is -2.42. The van der Waals surface area contributed by atoms with Crippen LogP contribution in [0.2, 0.25) is 0 Å². The van der Waals surface area contributed by atoms with Crippen molar-refractivity contribution in [3.05, 3.63) is 29.8 Å². The number of carbonyl (C=O) groups is 1. The summed E-state index contributed by atoms with van der Waals surface area (Å²) in [6, 6.07) is 7.96. The predicted molar refractivity (Wildman–Crippen MR) is 84.5 cm³/mol. The van der Waals surface area contributed by atoms with Gasteiger partial charge in [0, 0.05) is 13.1 Å². The third kappa shape index (κ3) is 4.74. The van der Waals surface area contributed by atoms with Crippen LogP contribution in [0.5, 0.6) is 5.75 Å². The molecule has 116 valence electrons. The Kier molecular flexibility index (Phi) is 6.05. The van der Waals surface area contributed by atoms with Crippen molar-refractivity contribution in [1.82, 2.24) is 10.2 Å². The van der Waals surface area contributed by atoms with Crippen LogP contribution in [-0.4, -0.2) is 44.1 Å². The number of amides is 1. The zero-order chi connectivity index (χ0) is 15.1. The molecule has 0 radical (unpaired) electrons. The Morgan fingerprint density at radius 3 is 2.52 bits per heavy atom. The SMILES string of the molecule is CCc1ccc(OCC(=O)N2CCC(CNC)CC2)cc1. The molecule has 0 bridgehead atoms. The van der Waals surface area contributed by atoms with E-state index < -0.39 is 0 Å². The van der Waals surface area contributed by atoms with Gasteiger partial charge in [0.1, 0.15) is 5.75 Å². The van der Waals surface area contributed by atoms with Gasteiger partial charge in [-0.15, -0.1) is 0 Å². The van der Waals surface area contributed by atoms with Crippen molar-refractivity contribution in [3.63, 3.8) is 0 Å². The second-order valence-corrected chi connectivity index (χ2v) is 5.67. The van der Waals surface area contributed by atoms with Gasteiger partial charge in [-0.25, -0.2) is 0 Å². The van der Waals surface area contributed by atoms with Crippen LogP contribution < -0.4 is 10.1 Å². The molecular formula is C17H26N2O2. The summed E-state index contributed by atoms with van der Waals surface area (Å²) < 4.78 is 5.59. The number of benzene rings is 1. The first-order valence-corrected chi connectivity index (χ1v) is 7.87. The van der Waals surface area contributed by atoms with Crippen molar-refractivity contribution in [2.75, 3.05) is 33.3 Å². The third-order valence-corrected chi connectivity index (χ3v) is 4.15. The molecule has 1 heterocycles. The minimum Gasteiger partial charge on any atom is -0.484 e. The van der Waals surface area contributed by atoms with E-state index in [1.807, 2.05) is 36.2 Å². The molecule has 1 saturated heterocycles. The summed E-state index contributed by atoms with van der Waals surface area (Å²) in [5.74, 6) is 1.56. The molecule has 0 spiro atoms. The minimum atomic E-state index is 0.0949. The van der Waals surface area contributed by atoms with Crippen LogP contribution in [0.15, 0.2) is 24.3 Å². The highest BCUT2D eigenvalue weighted by Gasteiger charge is 2.22. The van der Waals surface area contributed by atoms with Crippen molar-refractivity contribution >= 4 is 5.91 Å². The van der Waals surface area contributed by atoms with E-state index in [1.165, 1.54) is 5.56 Å². The van der Waals surface area contributed by atoms with Gasteiger partial charge < -0.3 is 15.0 Å². The van der Waals surface area contributed by atoms with E-state index in [-0.39, 0.29) is 12.5 Å². The van der Waals surface area contributed by atoms with Gasteiger partial charge in [0.15, 0.2) is 6.61 Å². The molecule has 4 nitrogen and oxygen atoms in total. The van der Waals surface area contributed by atoms with Crippen molar-refractivity contribution in [3.8, 4) is 5.75 Å². The van der Waals surface area contributed by atoms with Crippen molar-refractivity contribution in [2.24, 2.45) is 5.92 Å². The van der Waals surface area contributed by atoms with Crippen molar-refractivity contribution in [2.45, 2.75) is 26.2 Å². The lowest BCUT2D eigenvalue weighted by molar-refractivity contribution is -0.134. The Bertz CT molecular complexity index is 437. The number of hydrogen-bond acceptors (Lipinski definition) is 3. The van der Waals surface area contributed by atoms with Gasteiger partial charge >= 0.3 is 0 Å². The summed E-state index contributed by atoms with van der Waals surface area (Å²) in [4.78, 5) is 14.1. The Morgan fingerprint density at radius 2 is 1.95 bits per heavy atom. The van der Waals surface area contributed by atoms with Gasteiger partial charge in [-0.3, -0.25) is 4.79 Å². The number of aryl methyl sites for hydroxylation is 1. The molecule has 1 aliphatic rings. The largest absolute Gasteiger partial charge is 0.484 e. The van der Waals surface area contributed by atoms with Crippen LogP contribution in [0.3, 0.4) is 0 Å². The maximum atomic E-state index is 12.1. The average Bonchev–Trinajstić information content (AvgIpc) is 2.54. The van der Waals surface area contributed by atoms with E-state index in [0.29, 0.717) is 5.92 Å². The van der Waals surface area contributed by atoms with E-state index in [2.05, 4.69) is 12.2 Å². The number of nitrogens with zero attached hydrogens (tertiary/aromatic N) is 1. The summed E-state index contributed by atoms with van der Waals surface area (Å²) in [5, 5.41) is 3.21. The van der Waals surface area contributed by atoms with Crippen molar-refractivity contribution in [1.29, 1.82) is 0 Å². The topological polar surface area (TPSA) is 41.6 Å². The molecule has 0 unspecified atom stereocenters. The molecule has 1 aromatic rings. The molecule has 1 aromatic carbocycles. The number of hydrogen-bond donors (Lipinski definition) is 1. The highest BCUT2D eigenvalue weighted by molar-refractivity contribution is 5.77. The fraction of sp³-hybridized carbons (Fsp3) is 0.588. The Balaban J connectivity index is 1.74. The first-order chi connectivity index (χ1) is 10.2. The lowest BCUT2D eigenvalue weighted by atomic mass is 9.97. The molecule has 1 fully saturated rings. The Morgan fingerprint density at radius 1 is 1.29 bits per heavy atom. The molecule has 0 atom stereocenters. The van der Waals surface area contributed by atoms with E-state index in [9.17, 15) is 4.79 Å². The molecule has 0 aliphatic carbocycles. The molecule has 2 rings (SSSR count). The number of carbonyl (C=O) groups excluding carboxylic acids is 1. The standard InChI is InChI=1S/C17H26N2O2/c1-3-14-4-6-16(7-5-14)21-13-17(20)19-10-8-15(9-11-19)12-18-2/h4-7,15,18H,3,8-13H2,1-2H3. The van der Waals surface area contributed by atoms with E-state index >= 15 is 0 Å². The summed E-state index contributed by atoms with van der Waals surface area (Å²) >= 11 is 0. The summed E-state index contributed by atoms with van der Waals surface area (Å²) in [6.45, 7) is 5.01. The zero-order valence-electron chi connectivity index (χ0n) is 13.1. The molecule has 1 N–H and O–H groups in total. The maximum absolute atomic E-state index is 12.1. The summed E-state index contributed by atoms with van der Waals surface area (Å²) in [7, 11) is 1.98. The van der Waals surface area contributed by atoms with Gasteiger partial charge in [-0.05, 0) is 56.5 Å². The fourth-order valence-electron chi connectivity index (χ4n) is 2.73. The lowest BCUT2D eigenvalue weighted by Gasteiger charge is -2.31. The van der Waals surface area contributed by atoms with E-state index in [1.54, 1.807) is 0 Å². The van der Waals surface area contributed by atoms with Crippen LogP contribution >= 0.6 is 0 Å². The first kappa shape index (κ1) is 15.8. The second kappa shape index (κ2) is 8.03. The monoisotopic (exact) mass is 290 g/mol. The number of likely N-dealkylation sites (tertiary alicyclic amines) is 1. The van der Waals surface area contributed by atoms with Crippen LogP contribution in [0, 0.1) is 5.92 Å². The Hall–Kier alpha value is -1.55. The third-order valence-electron chi connectivity index (χ3n) is 4.15. The molecule has 0 saturated carbocycles. The van der Waals surface area contributed by atoms with Crippen LogP contribution in [0.4, 0.5) is 0 Å². The molecular weight excluding hydrogens is 264 g/mol. The summed E-state index contributed by atoms with van der Waals surface area (Å²) in [5.41, 5.74) is 1.28. The van der Waals surface area contributed by atoms with Crippen LogP contribution in [0.25, 0.3) is 0 Å². The van der Waals surface area contributed by atoms with Gasteiger partial charge in [-0.1, -0.05) is 19.1 Å². The number of piperidine rings is 1. The normalized spacial score (nSPS) is 16.0. The highest BCUT2D eigenvalue weighted by Crippen LogP contribution is 2.17. The smallest absolute Gasteiger partial charge is 0.260 e. The Labute approximate surface area is 127 Å². The molecule has 1 aliphatic heterocycles. The number of rotatable bonds is 6. The number of ether oxygens (including phenoxy) is 1. The fourth-order valence-corrected chi connectivity index (χ4v) is 2.73. The quantitative estimate of drug-likeness (QED) is 0.872. The van der Waals surface area contributed by atoms with Gasteiger partial charge in [-0.2, -0.15) is 0 Å². The van der Waals surface area contributed by atoms with E-state index in [4.69, 9.17) is 4.74 Å². The number of nitrogens with one attached hydrogen (secondary N) is 1. The van der Waals surface area contributed by atoms with Gasteiger partial charge in [0.25, 0.3) is 5.91 Å². The zero-order valence-corrected chi connectivity index (χ0v) is 13.1. The first-order valence-electron chi connectivity index (χ1n) is 7.87. The van der Waals surface area contributed by atoms with Gasteiger partial charge in [0.2, 0.25) is 0 Å². The molecule has 4 heteroatoms. The predicted octanol–water partition coefficient (Wildman–Crippen LogP) is 2.09. The van der Waals surface area contributed by atoms with Crippen LogP contribution in [-0.2, 0) is 11.2 Å². The van der Waals surface area contributed by atoms with Crippen LogP contribution in [0.1, 0.15) is 25.3 Å². The summed E-state index contributed by atoms with van der Waals surface area (Å²) in [6.07, 6.45) is 3.18.